The molecule has 1 aromatic heterocycles. The predicted molar refractivity (Wildman–Crippen MR) is 123 cm³/mol. The highest BCUT2D eigenvalue weighted by atomic mass is 35.5. The Morgan fingerprint density at radius 2 is 1.59 bits per heavy atom. The van der Waals surface area contributed by atoms with Gasteiger partial charge in [-0.1, -0.05) is 18.2 Å². The highest BCUT2D eigenvalue weighted by Crippen LogP contribution is 2.46. The Morgan fingerprint density at radius 3 is 2.34 bits per heavy atom. The van der Waals surface area contributed by atoms with Gasteiger partial charge in [-0.25, -0.2) is 0 Å². The molecule has 1 aromatic carbocycles. The maximum absolute atomic E-state index is 6.99. The number of aromatic nitrogens is 3. The van der Waals surface area contributed by atoms with Crippen LogP contribution in [-0.2, 0) is 20.6 Å². The third kappa shape index (κ3) is 3.77. The van der Waals surface area contributed by atoms with Crippen LogP contribution in [0.25, 0.3) is 5.69 Å². The van der Waals surface area contributed by atoms with E-state index in [-0.39, 0.29) is 12.4 Å². The molecule has 32 heavy (non-hydrogen) atoms. The highest BCUT2D eigenvalue weighted by Gasteiger charge is 2.50. The summed E-state index contributed by atoms with van der Waals surface area (Å²) >= 11 is 6.99. The molecule has 2 saturated heterocycles. The molecule has 0 radical (unpaired) electrons. The molecule has 1 spiro atoms. The molecule has 4 aliphatic rings. The van der Waals surface area contributed by atoms with Gasteiger partial charge in [-0.05, 0) is 37.3 Å². The zero-order valence-electron chi connectivity index (χ0n) is 18.1. The quantitative estimate of drug-likeness (QED) is 0.611. The maximum Gasteiger partial charge on any atom is 0.196 e. The second-order valence-electron chi connectivity index (χ2n) is 9.08. The van der Waals surface area contributed by atoms with Crippen LogP contribution in [0.4, 0.5) is 0 Å². The molecule has 7 nitrogen and oxygen atoms in total. The zero-order chi connectivity index (χ0) is 20.8. The number of para-hydroxylation sites is 1. The van der Waals surface area contributed by atoms with E-state index >= 15 is 0 Å². The molecule has 1 saturated carbocycles. The summed E-state index contributed by atoms with van der Waals surface area (Å²) in [5.74, 6) is 1.28. The van der Waals surface area contributed by atoms with Crippen molar-refractivity contribution in [1.82, 2.24) is 19.7 Å². The van der Waals surface area contributed by atoms with Gasteiger partial charge in [-0.2, -0.15) is 0 Å². The summed E-state index contributed by atoms with van der Waals surface area (Å²) in [5.41, 5.74) is 2.27. The number of nitrogens with zero attached hydrogens (tertiary/aromatic N) is 4. The average Bonchev–Trinajstić information content (AvgIpc) is 3.46. The maximum atomic E-state index is 6.99. The normalized spacial score (nSPS) is 29.7. The first kappa shape index (κ1) is 22.6. The molecule has 174 valence electrons. The predicted octanol–water partition coefficient (Wildman–Crippen LogP) is 3.63. The Labute approximate surface area is 199 Å². The smallest absolute Gasteiger partial charge is 0.196 e. The minimum atomic E-state index is -0.871. The third-order valence-electron chi connectivity index (χ3n) is 7.40. The highest BCUT2D eigenvalue weighted by molar-refractivity contribution is 6.21. The fourth-order valence-electron chi connectivity index (χ4n) is 5.78. The number of morpholine rings is 1. The number of rotatable bonds is 2. The van der Waals surface area contributed by atoms with Crippen LogP contribution in [0.2, 0.25) is 0 Å². The Balaban J connectivity index is 0.00000216. The Hall–Kier alpha value is -1.22. The van der Waals surface area contributed by atoms with Crippen LogP contribution < -0.4 is 0 Å². The minimum absolute atomic E-state index is 0. The monoisotopic (exact) mass is 480 g/mol. The van der Waals surface area contributed by atoms with Crippen LogP contribution in [0, 0.1) is 0 Å². The number of hydrogen-bond acceptors (Lipinski definition) is 6. The van der Waals surface area contributed by atoms with Crippen molar-refractivity contribution in [2.75, 3.05) is 39.5 Å². The van der Waals surface area contributed by atoms with Gasteiger partial charge in [-0.3, -0.25) is 9.47 Å². The van der Waals surface area contributed by atoms with Gasteiger partial charge in [0.25, 0.3) is 0 Å². The summed E-state index contributed by atoms with van der Waals surface area (Å²) in [4.78, 5) is 2.60. The molecular formula is C23H30Cl2N4O3. The molecule has 3 aliphatic heterocycles. The standard InChI is InChI=1S/C23H29ClN4O3.ClH/c24-20-22-26-25-21(16-5-7-18(8-6-16)27-9-11-29-12-10-27)28(22)19-4-2-1-3-17(19)15-23(20)30-13-14-31-23;/h1-4,16,18,20H,5-15H2;1H. The van der Waals surface area contributed by atoms with Gasteiger partial charge in [0.1, 0.15) is 11.2 Å². The van der Waals surface area contributed by atoms with Crippen LogP contribution in [0.15, 0.2) is 24.3 Å². The SMILES string of the molecule is Cl.ClC1c2nnc(C3CCC(N4CCOCC4)CC3)n2-c2ccccc2CC12OCCO2. The van der Waals surface area contributed by atoms with Gasteiger partial charge in [0, 0.05) is 31.5 Å². The lowest BCUT2D eigenvalue weighted by molar-refractivity contribution is -0.159. The van der Waals surface area contributed by atoms with E-state index in [9.17, 15) is 0 Å². The molecule has 0 amide bonds. The lowest BCUT2D eigenvalue weighted by Crippen LogP contribution is -2.44. The summed E-state index contributed by atoms with van der Waals surface area (Å²) in [6, 6.07) is 9.07. The topological polar surface area (TPSA) is 61.6 Å². The molecule has 1 unspecified atom stereocenters. The van der Waals surface area contributed by atoms with E-state index in [4.69, 9.17) is 25.8 Å². The number of benzene rings is 1. The van der Waals surface area contributed by atoms with Crippen LogP contribution >= 0.6 is 24.0 Å². The molecule has 9 heteroatoms. The van der Waals surface area contributed by atoms with Crippen LogP contribution in [0.3, 0.4) is 0 Å². The van der Waals surface area contributed by atoms with Crippen molar-refractivity contribution >= 4 is 24.0 Å². The number of fused-ring (bicyclic) bond motifs is 3. The fourth-order valence-corrected chi connectivity index (χ4v) is 6.12. The van der Waals surface area contributed by atoms with Crippen molar-refractivity contribution in [1.29, 1.82) is 0 Å². The van der Waals surface area contributed by atoms with E-state index in [1.165, 1.54) is 12.8 Å². The number of alkyl halides is 1. The molecule has 2 aromatic rings. The number of ether oxygens (including phenoxy) is 3. The van der Waals surface area contributed by atoms with Crippen molar-refractivity contribution < 1.29 is 14.2 Å². The van der Waals surface area contributed by atoms with E-state index in [1.54, 1.807) is 0 Å². The van der Waals surface area contributed by atoms with Crippen molar-refractivity contribution in [2.45, 2.75) is 55.2 Å². The van der Waals surface area contributed by atoms with Gasteiger partial charge in [-0.15, -0.1) is 34.2 Å². The molecule has 0 N–H and O–H groups in total. The zero-order valence-corrected chi connectivity index (χ0v) is 19.7. The van der Waals surface area contributed by atoms with E-state index < -0.39 is 11.2 Å². The Bertz CT molecular complexity index is 935. The van der Waals surface area contributed by atoms with E-state index in [0.29, 0.717) is 31.6 Å². The van der Waals surface area contributed by atoms with E-state index in [1.807, 2.05) is 0 Å². The third-order valence-corrected chi connectivity index (χ3v) is 7.92. The van der Waals surface area contributed by atoms with Gasteiger partial charge < -0.3 is 14.2 Å². The Morgan fingerprint density at radius 1 is 0.906 bits per heavy atom. The molecular weight excluding hydrogens is 451 g/mol. The first-order valence-electron chi connectivity index (χ1n) is 11.5. The summed E-state index contributed by atoms with van der Waals surface area (Å²) < 4.78 is 19.9. The lowest BCUT2D eigenvalue weighted by Gasteiger charge is -2.38. The van der Waals surface area contributed by atoms with E-state index in [0.717, 1.165) is 62.0 Å². The molecule has 1 atom stereocenters. The largest absolute Gasteiger partial charge is 0.379 e. The number of hydrogen-bond donors (Lipinski definition) is 0. The van der Waals surface area contributed by atoms with E-state index in [2.05, 4.69) is 43.9 Å². The fraction of sp³-hybridized carbons (Fsp3) is 0.652. The van der Waals surface area contributed by atoms with Gasteiger partial charge in [0.2, 0.25) is 0 Å². The Kier molecular flexibility index (Phi) is 6.49. The van der Waals surface area contributed by atoms with Gasteiger partial charge >= 0.3 is 0 Å². The second-order valence-corrected chi connectivity index (χ2v) is 9.52. The minimum Gasteiger partial charge on any atom is -0.379 e. The summed E-state index contributed by atoms with van der Waals surface area (Å²) in [6.45, 7) is 4.93. The van der Waals surface area contributed by atoms with Gasteiger partial charge in [0.15, 0.2) is 11.6 Å². The number of halogens is 2. The molecule has 0 bridgehead atoms. The van der Waals surface area contributed by atoms with Crippen LogP contribution in [-0.4, -0.2) is 71.0 Å². The molecule has 6 rings (SSSR count). The molecule has 4 heterocycles. The van der Waals surface area contributed by atoms with Crippen molar-refractivity contribution in [3.05, 3.63) is 41.5 Å². The molecule has 1 aliphatic carbocycles. The first-order valence-corrected chi connectivity index (χ1v) is 12.0. The van der Waals surface area contributed by atoms with Gasteiger partial charge in [0.05, 0.1) is 32.1 Å². The van der Waals surface area contributed by atoms with Crippen molar-refractivity contribution in [3.63, 3.8) is 0 Å². The van der Waals surface area contributed by atoms with Crippen molar-refractivity contribution in [2.24, 2.45) is 0 Å². The lowest BCUT2D eigenvalue weighted by atomic mass is 9.84. The first-order chi connectivity index (χ1) is 15.3. The molecule has 3 fully saturated rings. The second kappa shape index (κ2) is 9.20. The average molecular weight is 481 g/mol. The summed E-state index contributed by atoms with van der Waals surface area (Å²) in [7, 11) is 0. The van der Waals surface area contributed by atoms with Crippen LogP contribution in [0.1, 0.15) is 54.2 Å². The summed E-state index contributed by atoms with van der Waals surface area (Å²) in [6.07, 6.45) is 5.23. The summed E-state index contributed by atoms with van der Waals surface area (Å²) in [5, 5.41) is 8.78. The van der Waals surface area contributed by atoms with Crippen LogP contribution in [0.5, 0.6) is 0 Å². The van der Waals surface area contributed by atoms with Crippen molar-refractivity contribution in [3.8, 4) is 5.69 Å².